The van der Waals surface area contributed by atoms with Crippen LogP contribution < -0.4 is 0 Å². The molecule has 0 aliphatic carbocycles. The number of hydrogen-bond acceptors (Lipinski definition) is 5. The first-order chi connectivity index (χ1) is 11.2. The molecule has 0 N–H and O–H groups in total. The van der Waals surface area contributed by atoms with E-state index < -0.39 is 31.3 Å². The van der Waals surface area contributed by atoms with Crippen LogP contribution in [0.25, 0.3) is 0 Å². The van der Waals surface area contributed by atoms with Gasteiger partial charge in [0.15, 0.2) is 9.84 Å². The topological polar surface area (TPSA) is 97.6 Å². The van der Waals surface area contributed by atoms with Gasteiger partial charge in [-0.05, 0) is 17.7 Å². The molecule has 0 aliphatic rings. The van der Waals surface area contributed by atoms with Gasteiger partial charge in [0.25, 0.3) is 11.6 Å². The highest BCUT2D eigenvalue weighted by molar-refractivity contribution is 7.90. The summed E-state index contributed by atoms with van der Waals surface area (Å²) < 4.78 is 23.2. The van der Waals surface area contributed by atoms with Gasteiger partial charge in [-0.25, -0.2) is 8.42 Å². The van der Waals surface area contributed by atoms with Crippen LogP contribution in [-0.2, 0) is 16.4 Å². The first-order valence-corrected chi connectivity index (χ1v) is 8.87. The van der Waals surface area contributed by atoms with E-state index in [1.165, 1.54) is 11.0 Å². The van der Waals surface area contributed by atoms with Crippen molar-refractivity contribution in [3.05, 3.63) is 69.8 Å². The zero-order valence-corrected chi connectivity index (χ0v) is 14.0. The van der Waals surface area contributed by atoms with E-state index in [0.717, 1.165) is 24.0 Å². The zero-order valence-electron chi connectivity index (χ0n) is 13.2. The van der Waals surface area contributed by atoms with Crippen molar-refractivity contribution in [3.63, 3.8) is 0 Å². The monoisotopic (exact) mass is 348 g/mol. The Balaban J connectivity index is 2.33. The molecule has 8 heteroatoms. The first-order valence-electron chi connectivity index (χ1n) is 6.98. The van der Waals surface area contributed by atoms with Crippen molar-refractivity contribution in [1.82, 2.24) is 4.90 Å². The van der Waals surface area contributed by atoms with Crippen LogP contribution in [0, 0.1) is 10.1 Å². The molecule has 0 heterocycles. The number of hydrogen-bond donors (Lipinski definition) is 0. The van der Waals surface area contributed by atoms with Crippen molar-refractivity contribution >= 4 is 21.4 Å². The molecule has 0 fully saturated rings. The fourth-order valence-corrected chi connectivity index (χ4v) is 3.08. The summed E-state index contributed by atoms with van der Waals surface area (Å²) >= 11 is 0. The highest BCUT2D eigenvalue weighted by Gasteiger charge is 2.24. The van der Waals surface area contributed by atoms with Crippen molar-refractivity contribution < 1.29 is 18.1 Å². The van der Waals surface area contributed by atoms with Gasteiger partial charge in [0.2, 0.25) is 0 Å². The summed E-state index contributed by atoms with van der Waals surface area (Å²) in [5.74, 6) is -0.429. The summed E-state index contributed by atoms with van der Waals surface area (Å²) in [6.07, 6.45) is 0.887. The summed E-state index contributed by atoms with van der Waals surface area (Å²) in [7, 11) is -2.18. The van der Waals surface area contributed by atoms with Crippen LogP contribution in [0.4, 0.5) is 5.69 Å². The second kappa shape index (κ2) is 6.79. The Hall–Kier alpha value is -2.74. The van der Waals surface area contributed by atoms with Gasteiger partial charge >= 0.3 is 0 Å². The molecule has 0 unspecified atom stereocenters. The van der Waals surface area contributed by atoms with Crippen LogP contribution >= 0.6 is 0 Å². The van der Waals surface area contributed by atoms with Crippen LogP contribution in [-0.4, -0.2) is 37.5 Å². The highest BCUT2D eigenvalue weighted by Crippen LogP contribution is 2.25. The molecular formula is C16H16N2O5S. The lowest BCUT2D eigenvalue weighted by molar-refractivity contribution is -0.387. The maximum absolute atomic E-state index is 12.4. The predicted molar refractivity (Wildman–Crippen MR) is 88.4 cm³/mol. The average molecular weight is 348 g/mol. The molecule has 1 amide bonds. The van der Waals surface area contributed by atoms with Gasteiger partial charge in [0.05, 0.1) is 4.92 Å². The normalized spacial score (nSPS) is 11.1. The van der Waals surface area contributed by atoms with Crippen LogP contribution in [0.15, 0.2) is 53.4 Å². The number of carbonyl (C=O) groups excluding carboxylic acids is 1. The van der Waals surface area contributed by atoms with E-state index in [4.69, 9.17) is 0 Å². The molecule has 0 aliphatic heterocycles. The number of nitro groups is 1. The number of sulfone groups is 1. The van der Waals surface area contributed by atoms with Crippen LogP contribution in [0.1, 0.15) is 15.9 Å². The Kier molecular flexibility index (Phi) is 4.99. The van der Waals surface area contributed by atoms with E-state index in [2.05, 4.69) is 0 Å². The van der Waals surface area contributed by atoms with Crippen LogP contribution in [0.3, 0.4) is 0 Å². The van der Waals surface area contributed by atoms with Gasteiger partial charge in [-0.2, -0.15) is 0 Å². The summed E-state index contributed by atoms with van der Waals surface area (Å²) in [6.45, 7) is 0.335. The lowest BCUT2D eigenvalue weighted by atomic mass is 10.1. The second-order valence-electron chi connectivity index (χ2n) is 5.36. The third-order valence-corrected chi connectivity index (χ3v) is 4.56. The molecule has 0 bridgehead atoms. The van der Waals surface area contributed by atoms with Gasteiger partial charge in [-0.1, -0.05) is 30.3 Å². The van der Waals surface area contributed by atoms with E-state index in [9.17, 15) is 23.3 Å². The van der Waals surface area contributed by atoms with Gasteiger partial charge in [0, 0.05) is 31.5 Å². The lowest BCUT2D eigenvalue weighted by Gasteiger charge is -2.17. The minimum atomic E-state index is -3.76. The number of benzene rings is 2. The molecule has 0 radical (unpaired) electrons. The summed E-state index contributed by atoms with van der Waals surface area (Å²) in [4.78, 5) is 23.8. The lowest BCUT2D eigenvalue weighted by Crippen LogP contribution is -2.26. The second-order valence-corrected chi connectivity index (χ2v) is 7.34. The average Bonchev–Trinajstić information content (AvgIpc) is 2.53. The minimum absolute atomic E-state index is 0.0625. The van der Waals surface area contributed by atoms with E-state index in [1.54, 1.807) is 7.05 Å². The molecule has 0 aromatic heterocycles. The highest BCUT2D eigenvalue weighted by atomic mass is 32.2. The fraction of sp³-hybridized carbons (Fsp3) is 0.188. The minimum Gasteiger partial charge on any atom is -0.337 e. The van der Waals surface area contributed by atoms with E-state index in [0.29, 0.717) is 6.54 Å². The molecule has 0 spiro atoms. The van der Waals surface area contributed by atoms with Crippen LogP contribution in [0.5, 0.6) is 0 Å². The molecule has 0 saturated heterocycles. The van der Waals surface area contributed by atoms with Gasteiger partial charge in [-0.3, -0.25) is 14.9 Å². The Morgan fingerprint density at radius 2 is 1.79 bits per heavy atom. The van der Waals surface area contributed by atoms with E-state index in [1.807, 2.05) is 30.3 Å². The number of rotatable bonds is 5. The Morgan fingerprint density at radius 1 is 1.17 bits per heavy atom. The zero-order chi connectivity index (χ0) is 17.9. The number of nitro benzene ring substituents is 1. The molecule has 7 nitrogen and oxygen atoms in total. The number of nitrogens with zero attached hydrogens (tertiary/aromatic N) is 2. The molecule has 0 atom stereocenters. The summed E-state index contributed by atoms with van der Waals surface area (Å²) in [6, 6.07) is 12.7. The third kappa shape index (κ3) is 3.96. The standard InChI is InChI=1S/C16H16N2O5S/c1-17(11-12-6-4-3-5-7-12)16(19)13-8-9-15(24(2,22)23)14(10-13)18(20)21/h3-10H,11H2,1-2H3. The Morgan fingerprint density at radius 3 is 2.33 bits per heavy atom. The Labute approximate surface area is 139 Å². The van der Waals surface area contributed by atoms with Gasteiger partial charge in [-0.15, -0.1) is 0 Å². The van der Waals surface area contributed by atoms with Crippen molar-refractivity contribution in [1.29, 1.82) is 0 Å². The molecule has 0 saturated carbocycles. The molecule has 126 valence electrons. The molecular weight excluding hydrogens is 332 g/mol. The van der Waals surface area contributed by atoms with Crippen molar-refractivity contribution in [2.24, 2.45) is 0 Å². The van der Waals surface area contributed by atoms with Crippen molar-refractivity contribution in [3.8, 4) is 0 Å². The smallest absolute Gasteiger partial charge is 0.288 e. The summed E-state index contributed by atoms with van der Waals surface area (Å²) in [5, 5.41) is 11.1. The fourth-order valence-electron chi connectivity index (χ4n) is 2.26. The largest absolute Gasteiger partial charge is 0.337 e. The molecule has 24 heavy (non-hydrogen) atoms. The quantitative estimate of drug-likeness (QED) is 0.610. The predicted octanol–water partition coefficient (Wildman–Crippen LogP) is 2.27. The maximum atomic E-state index is 12.4. The maximum Gasteiger partial charge on any atom is 0.288 e. The molecule has 2 aromatic carbocycles. The Bertz CT molecular complexity index is 879. The van der Waals surface area contributed by atoms with Crippen molar-refractivity contribution in [2.75, 3.05) is 13.3 Å². The van der Waals surface area contributed by atoms with E-state index in [-0.39, 0.29) is 5.56 Å². The molecule has 2 aromatic rings. The molecule has 2 rings (SSSR count). The van der Waals surface area contributed by atoms with Crippen LogP contribution in [0.2, 0.25) is 0 Å². The SMILES string of the molecule is CN(Cc1ccccc1)C(=O)c1ccc(S(C)(=O)=O)c([N+](=O)[O-])c1. The third-order valence-electron chi connectivity index (χ3n) is 3.41. The van der Waals surface area contributed by atoms with Crippen molar-refractivity contribution in [2.45, 2.75) is 11.4 Å². The number of amides is 1. The number of carbonyl (C=O) groups is 1. The van der Waals surface area contributed by atoms with Gasteiger partial charge < -0.3 is 4.90 Å². The van der Waals surface area contributed by atoms with Gasteiger partial charge in [0.1, 0.15) is 4.90 Å². The summed E-state index contributed by atoms with van der Waals surface area (Å²) in [5.41, 5.74) is 0.375. The van der Waals surface area contributed by atoms with E-state index >= 15 is 0 Å². The first kappa shape index (κ1) is 17.6.